The average Bonchev–Trinajstić information content (AvgIpc) is 2.86. The predicted molar refractivity (Wildman–Crippen MR) is 98.3 cm³/mol. The largest absolute Gasteiger partial charge is 0.410 e. The number of benzene rings is 1. The van der Waals surface area contributed by atoms with Gasteiger partial charge in [0.05, 0.1) is 11.6 Å². The van der Waals surface area contributed by atoms with Crippen molar-refractivity contribution in [2.24, 2.45) is 4.99 Å². The normalized spacial score (nSPS) is 19.8. The van der Waals surface area contributed by atoms with Crippen LogP contribution in [0, 0.1) is 5.82 Å². The number of rotatable bonds is 4. The van der Waals surface area contributed by atoms with Crippen LogP contribution in [0.2, 0.25) is 18.1 Å². The molecule has 0 fully saturated rings. The molecule has 1 heterocycles. The molecule has 0 saturated carbocycles. The van der Waals surface area contributed by atoms with E-state index in [9.17, 15) is 4.39 Å². The van der Waals surface area contributed by atoms with Gasteiger partial charge in [-0.2, -0.15) is 0 Å². The van der Waals surface area contributed by atoms with Crippen molar-refractivity contribution >= 4 is 14.0 Å². The first kappa shape index (κ1) is 18.3. The van der Waals surface area contributed by atoms with Crippen LogP contribution < -0.4 is 0 Å². The van der Waals surface area contributed by atoms with Crippen molar-refractivity contribution in [3.63, 3.8) is 0 Å². The van der Waals surface area contributed by atoms with Gasteiger partial charge in [-0.3, -0.25) is 4.99 Å². The summed E-state index contributed by atoms with van der Waals surface area (Å²) in [6, 6.07) is 6.86. The van der Waals surface area contributed by atoms with E-state index in [-0.39, 0.29) is 22.5 Å². The van der Waals surface area contributed by atoms with Gasteiger partial charge in [-0.05, 0) is 62.5 Å². The molecule has 0 unspecified atom stereocenters. The molecule has 2 nitrogen and oxygen atoms in total. The summed E-state index contributed by atoms with van der Waals surface area (Å²) >= 11 is 0. The Balaban J connectivity index is 2.19. The number of hydrogen-bond acceptors (Lipinski definition) is 2. The lowest BCUT2D eigenvalue weighted by atomic mass is 9.97. The summed E-state index contributed by atoms with van der Waals surface area (Å²) in [5.41, 5.74) is 1.61. The zero-order valence-corrected chi connectivity index (χ0v) is 16.5. The van der Waals surface area contributed by atoms with E-state index in [1.165, 1.54) is 6.07 Å². The van der Waals surface area contributed by atoms with E-state index in [0.29, 0.717) is 0 Å². The van der Waals surface area contributed by atoms with Crippen molar-refractivity contribution in [2.75, 3.05) is 0 Å². The molecule has 128 valence electrons. The molecule has 0 radical (unpaired) electrons. The van der Waals surface area contributed by atoms with Crippen LogP contribution in [0.3, 0.4) is 0 Å². The lowest BCUT2D eigenvalue weighted by molar-refractivity contribution is 0.0651. The summed E-state index contributed by atoms with van der Waals surface area (Å²) in [5, 5.41) is 0.179. The molecule has 1 aliphatic rings. The van der Waals surface area contributed by atoms with Crippen LogP contribution in [0.4, 0.5) is 4.39 Å². The monoisotopic (exact) mass is 335 g/mol. The summed E-state index contributed by atoms with van der Waals surface area (Å²) in [6.07, 6.45) is 1.85. The standard InChI is InChI=1S/C19H30FNOSi/c1-18(2,3)23(6,7)22-19(4,5)17-12-11-16(21-17)14-9-8-10-15(20)13-14/h8-10,13,17H,11-12H2,1-7H3/t17-/m1/s1. The lowest BCUT2D eigenvalue weighted by Crippen LogP contribution is -2.51. The molecule has 2 rings (SSSR count). The van der Waals surface area contributed by atoms with Gasteiger partial charge in [0.1, 0.15) is 5.82 Å². The van der Waals surface area contributed by atoms with Crippen molar-refractivity contribution in [3.05, 3.63) is 35.6 Å². The van der Waals surface area contributed by atoms with Gasteiger partial charge >= 0.3 is 0 Å². The maximum Gasteiger partial charge on any atom is 0.192 e. The highest BCUT2D eigenvalue weighted by Crippen LogP contribution is 2.41. The van der Waals surface area contributed by atoms with Crippen LogP contribution in [0.5, 0.6) is 0 Å². The van der Waals surface area contributed by atoms with Crippen LogP contribution in [0.25, 0.3) is 0 Å². The maximum absolute atomic E-state index is 13.4. The Hall–Kier alpha value is -1.00. The molecule has 4 heteroatoms. The van der Waals surface area contributed by atoms with Crippen molar-refractivity contribution in [2.45, 2.75) is 77.2 Å². The summed E-state index contributed by atoms with van der Waals surface area (Å²) in [7, 11) is -1.85. The van der Waals surface area contributed by atoms with Crippen LogP contribution in [0.15, 0.2) is 29.3 Å². The second-order valence-corrected chi connectivity index (χ2v) is 13.3. The van der Waals surface area contributed by atoms with Gasteiger partial charge in [0.2, 0.25) is 0 Å². The highest BCUT2D eigenvalue weighted by atomic mass is 28.4. The maximum atomic E-state index is 13.4. The third-order valence-corrected chi connectivity index (χ3v) is 9.90. The molecule has 0 aliphatic carbocycles. The second-order valence-electron chi connectivity index (χ2n) is 8.61. The SMILES string of the molecule is CC(C)(O[Si](C)(C)C(C)(C)C)[C@H]1CCC(c2cccc(F)c2)=N1. The highest BCUT2D eigenvalue weighted by molar-refractivity contribution is 6.74. The van der Waals surface area contributed by atoms with Crippen molar-refractivity contribution in [3.8, 4) is 0 Å². The molecule has 1 aliphatic heterocycles. The quantitative estimate of drug-likeness (QED) is 0.658. The van der Waals surface area contributed by atoms with Gasteiger partial charge in [0.25, 0.3) is 0 Å². The van der Waals surface area contributed by atoms with Crippen molar-refractivity contribution in [1.29, 1.82) is 0 Å². The Kier molecular flexibility index (Phi) is 4.89. The Bertz CT molecular complexity index is 602. The fraction of sp³-hybridized carbons (Fsp3) is 0.632. The number of hydrogen-bond donors (Lipinski definition) is 0. The predicted octanol–water partition coefficient (Wildman–Crippen LogP) is 5.58. The first-order chi connectivity index (χ1) is 10.4. The van der Waals surface area contributed by atoms with Gasteiger partial charge in [0, 0.05) is 5.71 Å². The van der Waals surface area contributed by atoms with Crippen LogP contribution >= 0.6 is 0 Å². The van der Waals surface area contributed by atoms with E-state index in [4.69, 9.17) is 9.42 Å². The fourth-order valence-electron chi connectivity index (χ4n) is 2.86. The molecule has 0 bridgehead atoms. The first-order valence-corrected chi connectivity index (χ1v) is 11.4. The van der Waals surface area contributed by atoms with E-state index in [0.717, 1.165) is 24.1 Å². The van der Waals surface area contributed by atoms with Crippen LogP contribution in [0.1, 0.15) is 53.0 Å². The Morgan fingerprint density at radius 2 is 1.83 bits per heavy atom. The van der Waals surface area contributed by atoms with Crippen LogP contribution in [-0.2, 0) is 4.43 Å². The van der Waals surface area contributed by atoms with Crippen LogP contribution in [-0.4, -0.2) is 25.7 Å². The summed E-state index contributed by atoms with van der Waals surface area (Å²) in [4.78, 5) is 4.88. The van der Waals surface area contributed by atoms with E-state index in [1.54, 1.807) is 12.1 Å². The Morgan fingerprint density at radius 1 is 1.17 bits per heavy atom. The molecular weight excluding hydrogens is 305 g/mol. The van der Waals surface area contributed by atoms with E-state index in [1.807, 2.05) is 6.07 Å². The topological polar surface area (TPSA) is 21.6 Å². The molecule has 0 aromatic heterocycles. The third kappa shape index (κ3) is 4.10. The minimum Gasteiger partial charge on any atom is -0.410 e. The zero-order chi connectivity index (χ0) is 17.5. The van der Waals surface area contributed by atoms with Crippen molar-refractivity contribution < 1.29 is 8.82 Å². The molecular formula is C19H30FNOSi. The zero-order valence-electron chi connectivity index (χ0n) is 15.5. The molecule has 0 amide bonds. The Labute approximate surface area is 141 Å². The second kappa shape index (κ2) is 6.13. The number of halogens is 1. The third-order valence-electron chi connectivity index (χ3n) is 5.25. The minimum absolute atomic E-state index is 0.134. The van der Waals surface area contributed by atoms with E-state index < -0.39 is 8.32 Å². The Morgan fingerprint density at radius 3 is 2.39 bits per heavy atom. The molecule has 0 saturated heterocycles. The molecule has 1 aromatic rings. The smallest absolute Gasteiger partial charge is 0.192 e. The minimum atomic E-state index is -1.85. The first-order valence-electron chi connectivity index (χ1n) is 8.45. The van der Waals surface area contributed by atoms with E-state index in [2.05, 4.69) is 47.7 Å². The highest BCUT2D eigenvalue weighted by Gasteiger charge is 2.44. The van der Waals surface area contributed by atoms with E-state index >= 15 is 0 Å². The summed E-state index contributed by atoms with van der Waals surface area (Å²) < 4.78 is 20.1. The molecule has 0 spiro atoms. The van der Waals surface area contributed by atoms with Gasteiger partial charge in [-0.1, -0.05) is 32.9 Å². The summed E-state index contributed by atoms with van der Waals surface area (Å²) in [6.45, 7) is 15.6. The fourth-order valence-corrected chi connectivity index (χ4v) is 4.62. The van der Waals surface area contributed by atoms with Gasteiger partial charge < -0.3 is 4.43 Å². The van der Waals surface area contributed by atoms with Gasteiger partial charge in [-0.15, -0.1) is 0 Å². The number of aliphatic imine (C=N–C) groups is 1. The lowest BCUT2D eigenvalue weighted by Gasteiger charge is -2.44. The van der Waals surface area contributed by atoms with Gasteiger partial charge in [0.15, 0.2) is 8.32 Å². The molecule has 1 aromatic carbocycles. The average molecular weight is 336 g/mol. The van der Waals surface area contributed by atoms with Gasteiger partial charge in [-0.25, -0.2) is 4.39 Å². The molecule has 1 atom stereocenters. The van der Waals surface area contributed by atoms with Crippen molar-refractivity contribution in [1.82, 2.24) is 0 Å². The molecule has 0 N–H and O–H groups in total. The summed E-state index contributed by atoms with van der Waals surface area (Å²) in [5.74, 6) is -0.203. The molecule has 23 heavy (non-hydrogen) atoms. The number of nitrogens with zero attached hydrogens (tertiary/aromatic N) is 1.